The van der Waals surface area contributed by atoms with Crippen LogP contribution in [0.25, 0.3) is 0 Å². The molecule has 5 heteroatoms. The summed E-state index contributed by atoms with van der Waals surface area (Å²) >= 11 is 0. The van der Waals surface area contributed by atoms with Crippen LogP contribution in [0, 0.1) is 11.8 Å². The molecule has 1 aliphatic heterocycles. The fourth-order valence-corrected chi connectivity index (χ4v) is 2.94. The van der Waals surface area contributed by atoms with Crippen molar-refractivity contribution in [1.29, 1.82) is 0 Å². The number of aromatic nitrogens is 2. The average Bonchev–Trinajstić information content (AvgIpc) is 3.00. The molecule has 0 amide bonds. The highest BCUT2D eigenvalue weighted by molar-refractivity contribution is 4.88. The molecular weight excluding hydrogens is 264 g/mol. The minimum absolute atomic E-state index is 0.560. The van der Waals surface area contributed by atoms with Crippen molar-refractivity contribution in [2.24, 2.45) is 11.8 Å². The molecular formula is C16H30N4O. The van der Waals surface area contributed by atoms with Gasteiger partial charge in [-0.3, -0.25) is 4.90 Å². The molecule has 21 heavy (non-hydrogen) atoms. The molecule has 0 radical (unpaired) electrons. The lowest BCUT2D eigenvalue weighted by atomic mass is 10.1. The van der Waals surface area contributed by atoms with Crippen molar-refractivity contribution in [2.75, 3.05) is 19.6 Å². The number of nitrogens with zero attached hydrogens (tertiary/aromatic N) is 3. The quantitative estimate of drug-likeness (QED) is 0.798. The van der Waals surface area contributed by atoms with Gasteiger partial charge in [-0.2, -0.15) is 4.98 Å². The highest BCUT2D eigenvalue weighted by atomic mass is 16.5. The van der Waals surface area contributed by atoms with Gasteiger partial charge >= 0.3 is 0 Å². The molecule has 2 heterocycles. The third kappa shape index (κ3) is 5.75. The van der Waals surface area contributed by atoms with Crippen molar-refractivity contribution in [3.05, 3.63) is 11.7 Å². The summed E-state index contributed by atoms with van der Waals surface area (Å²) in [4.78, 5) is 6.98. The zero-order valence-corrected chi connectivity index (χ0v) is 13.9. The zero-order chi connectivity index (χ0) is 15.2. The van der Waals surface area contributed by atoms with Crippen molar-refractivity contribution in [2.45, 2.75) is 59.5 Å². The van der Waals surface area contributed by atoms with Crippen molar-refractivity contribution in [1.82, 2.24) is 20.4 Å². The van der Waals surface area contributed by atoms with Crippen LogP contribution in [0.5, 0.6) is 0 Å². The standard InChI is InChI=1S/C16H30N4O/c1-12(2)8-15-18-16(21-19-15)11-20(9-13(3)4)10-14-6-5-7-17-14/h12-14,17H,5-11H2,1-4H3. The molecule has 1 fully saturated rings. The second kappa shape index (κ2) is 7.90. The van der Waals surface area contributed by atoms with Gasteiger partial charge in [-0.25, -0.2) is 0 Å². The van der Waals surface area contributed by atoms with Gasteiger partial charge in [0, 0.05) is 25.6 Å². The number of nitrogens with one attached hydrogen (secondary N) is 1. The molecule has 1 atom stereocenters. The summed E-state index contributed by atoms with van der Waals surface area (Å²) in [5, 5.41) is 7.66. The van der Waals surface area contributed by atoms with E-state index in [1.54, 1.807) is 0 Å². The molecule has 120 valence electrons. The highest BCUT2D eigenvalue weighted by Gasteiger charge is 2.20. The minimum Gasteiger partial charge on any atom is -0.338 e. The van der Waals surface area contributed by atoms with E-state index < -0.39 is 0 Å². The number of hydrogen-bond acceptors (Lipinski definition) is 5. The molecule has 1 saturated heterocycles. The summed E-state index contributed by atoms with van der Waals surface area (Å²) < 4.78 is 5.42. The van der Waals surface area contributed by atoms with E-state index in [4.69, 9.17) is 4.52 Å². The predicted molar refractivity (Wildman–Crippen MR) is 84.0 cm³/mol. The lowest BCUT2D eigenvalue weighted by Crippen LogP contribution is -2.39. The lowest BCUT2D eigenvalue weighted by Gasteiger charge is -2.25. The number of hydrogen-bond donors (Lipinski definition) is 1. The SMILES string of the molecule is CC(C)Cc1noc(CN(CC(C)C)CC2CCCN2)n1. The summed E-state index contributed by atoms with van der Waals surface area (Å²) in [6.45, 7) is 12.9. The largest absolute Gasteiger partial charge is 0.338 e. The second-order valence-electron chi connectivity index (χ2n) is 7.08. The Labute approximate surface area is 128 Å². The molecule has 1 aliphatic rings. The fraction of sp³-hybridized carbons (Fsp3) is 0.875. The van der Waals surface area contributed by atoms with Crippen LogP contribution in [0.1, 0.15) is 52.3 Å². The van der Waals surface area contributed by atoms with Crippen LogP contribution in [-0.2, 0) is 13.0 Å². The molecule has 2 rings (SSSR count). The second-order valence-corrected chi connectivity index (χ2v) is 7.08. The lowest BCUT2D eigenvalue weighted by molar-refractivity contribution is 0.190. The summed E-state index contributed by atoms with van der Waals surface area (Å²) in [6, 6.07) is 0.613. The van der Waals surface area contributed by atoms with E-state index in [2.05, 4.69) is 48.1 Å². The third-order valence-corrected chi connectivity index (χ3v) is 3.72. The molecule has 0 spiro atoms. The van der Waals surface area contributed by atoms with E-state index in [0.29, 0.717) is 17.9 Å². The molecule has 0 aliphatic carbocycles. The van der Waals surface area contributed by atoms with Gasteiger partial charge in [-0.15, -0.1) is 0 Å². The van der Waals surface area contributed by atoms with Gasteiger partial charge in [-0.05, 0) is 31.2 Å². The van der Waals surface area contributed by atoms with Crippen LogP contribution >= 0.6 is 0 Å². The van der Waals surface area contributed by atoms with Gasteiger partial charge in [0.25, 0.3) is 0 Å². The van der Waals surface area contributed by atoms with Crippen LogP contribution in [0.4, 0.5) is 0 Å². The van der Waals surface area contributed by atoms with Crippen LogP contribution in [0.15, 0.2) is 4.52 Å². The average molecular weight is 294 g/mol. The Bertz CT molecular complexity index is 410. The van der Waals surface area contributed by atoms with Crippen molar-refractivity contribution in [3.63, 3.8) is 0 Å². The Morgan fingerprint density at radius 2 is 2.10 bits per heavy atom. The first-order chi connectivity index (χ1) is 10.0. The predicted octanol–water partition coefficient (Wildman–Crippen LogP) is 2.48. The third-order valence-electron chi connectivity index (χ3n) is 3.72. The van der Waals surface area contributed by atoms with Crippen LogP contribution in [0.2, 0.25) is 0 Å². The Balaban J connectivity index is 1.91. The summed E-state index contributed by atoms with van der Waals surface area (Å²) in [5.74, 6) is 2.79. The van der Waals surface area contributed by atoms with E-state index in [1.165, 1.54) is 12.8 Å². The van der Waals surface area contributed by atoms with Gasteiger partial charge in [0.15, 0.2) is 5.82 Å². The fourth-order valence-electron chi connectivity index (χ4n) is 2.94. The van der Waals surface area contributed by atoms with Crippen LogP contribution in [-0.4, -0.2) is 40.7 Å². The summed E-state index contributed by atoms with van der Waals surface area (Å²) in [5.41, 5.74) is 0. The first-order valence-corrected chi connectivity index (χ1v) is 8.30. The van der Waals surface area contributed by atoms with E-state index in [9.17, 15) is 0 Å². The minimum atomic E-state index is 0.560. The zero-order valence-electron chi connectivity index (χ0n) is 13.9. The topological polar surface area (TPSA) is 54.2 Å². The molecule has 1 aromatic heterocycles. The summed E-state index contributed by atoms with van der Waals surface area (Å²) in [7, 11) is 0. The van der Waals surface area contributed by atoms with Gasteiger partial charge in [0.1, 0.15) is 0 Å². The van der Waals surface area contributed by atoms with Gasteiger partial charge in [0.2, 0.25) is 5.89 Å². The molecule has 0 saturated carbocycles. The molecule has 0 aromatic carbocycles. The van der Waals surface area contributed by atoms with Gasteiger partial charge in [-0.1, -0.05) is 32.9 Å². The maximum absolute atomic E-state index is 5.42. The maximum atomic E-state index is 5.42. The first kappa shape index (κ1) is 16.4. The molecule has 5 nitrogen and oxygen atoms in total. The first-order valence-electron chi connectivity index (χ1n) is 8.30. The molecule has 1 unspecified atom stereocenters. The summed E-state index contributed by atoms with van der Waals surface area (Å²) in [6.07, 6.45) is 3.45. The smallest absolute Gasteiger partial charge is 0.240 e. The Hall–Kier alpha value is -0.940. The van der Waals surface area contributed by atoms with Crippen molar-refractivity contribution < 1.29 is 4.52 Å². The van der Waals surface area contributed by atoms with Crippen LogP contribution in [0.3, 0.4) is 0 Å². The van der Waals surface area contributed by atoms with E-state index in [1.807, 2.05) is 0 Å². The molecule has 1 aromatic rings. The van der Waals surface area contributed by atoms with E-state index in [-0.39, 0.29) is 0 Å². The van der Waals surface area contributed by atoms with Crippen molar-refractivity contribution in [3.8, 4) is 0 Å². The van der Waals surface area contributed by atoms with E-state index >= 15 is 0 Å². The maximum Gasteiger partial charge on any atom is 0.240 e. The Morgan fingerprint density at radius 3 is 2.71 bits per heavy atom. The molecule has 0 bridgehead atoms. The van der Waals surface area contributed by atoms with Crippen molar-refractivity contribution >= 4 is 0 Å². The Kier molecular flexibility index (Phi) is 6.18. The normalized spacial score (nSPS) is 19.3. The molecule has 1 N–H and O–H groups in total. The number of rotatable bonds is 8. The van der Waals surface area contributed by atoms with Gasteiger partial charge in [0.05, 0.1) is 6.54 Å². The van der Waals surface area contributed by atoms with Gasteiger partial charge < -0.3 is 9.84 Å². The highest BCUT2D eigenvalue weighted by Crippen LogP contribution is 2.12. The van der Waals surface area contributed by atoms with Crippen LogP contribution < -0.4 is 5.32 Å². The Morgan fingerprint density at radius 1 is 1.29 bits per heavy atom. The monoisotopic (exact) mass is 294 g/mol. The van der Waals surface area contributed by atoms with E-state index in [0.717, 1.165) is 44.3 Å².